The average Bonchev–Trinajstić information content (AvgIpc) is 2.62. The van der Waals surface area contributed by atoms with E-state index < -0.39 is 17.8 Å². The summed E-state index contributed by atoms with van der Waals surface area (Å²) in [6.45, 7) is 11.2. The first-order chi connectivity index (χ1) is 13.0. The molecular weight excluding hydrogens is 369 g/mol. The van der Waals surface area contributed by atoms with E-state index >= 15 is 0 Å². The second-order valence-electron chi connectivity index (χ2n) is 6.18. The molecule has 1 aromatic heterocycles. The van der Waals surface area contributed by atoms with Crippen LogP contribution in [0.15, 0.2) is 66.0 Å². The molecule has 3 N–H and O–H groups in total. The molecule has 0 saturated heterocycles. The number of rotatable bonds is 8. The fraction of sp³-hybridized carbons (Fsp3) is 0.286. The van der Waals surface area contributed by atoms with Gasteiger partial charge in [0.15, 0.2) is 5.60 Å². The average molecular weight is 394 g/mol. The molecule has 0 aromatic carbocycles. The number of aromatic nitrogens is 1. The van der Waals surface area contributed by atoms with Crippen molar-refractivity contribution in [3.05, 3.63) is 82.9 Å². The van der Waals surface area contributed by atoms with Crippen molar-refractivity contribution in [1.82, 2.24) is 10.3 Å². The van der Waals surface area contributed by atoms with E-state index in [0.29, 0.717) is 23.9 Å². The fourth-order valence-corrected chi connectivity index (χ4v) is 2.65. The molecule has 0 amide bonds. The summed E-state index contributed by atoms with van der Waals surface area (Å²) in [5.41, 5.74) is -2.19. The van der Waals surface area contributed by atoms with Crippen LogP contribution in [0.5, 0.6) is 0 Å². The highest BCUT2D eigenvalue weighted by Crippen LogP contribution is 2.36. The molecule has 1 heterocycles. The normalized spacial score (nSPS) is 16.5. The number of allylic oxidation sites excluding steroid dienone is 4. The molecule has 2 atom stereocenters. The zero-order valence-electron chi connectivity index (χ0n) is 16.1. The number of pyridine rings is 1. The van der Waals surface area contributed by atoms with Crippen molar-refractivity contribution >= 4 is 11.8 Å². The van der Waals surface area contributed by atoms with Gasteiger partial charge < -0.3 is 15.4 Å². The lowest BCUT2D eigenvalue weighted by molar-refractivity contribution is -0.258. The third-order valence-electron chi connectivity index (χ3n) is 4.17. The van der Waals surface area contributed by atoms with E-state index in [-0.39, 0.29) is 11.1 Å². The van der Waals surface area contributed by atoms with Crippen molar-refractivity contribution in [2.45, 2.75) is 38.6 Å². The number of nitrogens with one attached hydrogen (secondary N) is 2. The summed E-state index contributed by atoms with van der Waals surface area (Å²) in [5.74, 6) is 0. The molecule has 1 rings (SSSR count). The first kappa shape index (κ1) is 23.2. The van der Waals surface area contributed by atoms with Gasteiger partial charge in [0.1, 0.15) is 0 Å². The molecule has 0 aliphatic carbocycles. The molecule has 152 valence electrons. The van der Waals surface area contributed by atoms with Crippen LogP contribution in [0.4, 0.5) is 13.2 Å². The lowest BCUT2D eigenvalue weighted by Crippen LogP contribution is -2.58. The van der Waals surface area contributed by atoms with Crippen LogP contribution in [0.25, 0.3) is 11.8 Å². The van der Waals surface area contributed by atoms with Crippen LogP contribution in [0, 0.1) is 0 Å². The highest BCUT2D eigenvalue weighted by molar-refractivity contribution is 5.71. The Morgan fingerprint density at radius 3 is 2.39 bits per heavy atom. The predicted octanol–water partition coefficient (Wildman–Crippen LogP) is 4.34. The van der Waals surface area contributed by atoms with Crippen LogP contribution in [-0.2, 0) is 0 Å². The maximum atomic E-state index is 13.6. The summed E-state index contributed by atoms with van der Waals surface area (Å²) >= 11 is 0. The minimum atomic E-state index is -4.91. The maximum absolute atomic E-state index is 13.6. The standard InChI is InChI=1S/C21H25F3N2O2/c1-6-10-14(11-7-2)19(20(5,28)21(22,23)24)26-17(9-4)15-12-13-18(27)25-16(15)8-3/h6-13,19,26,28H,1,3H2,2,4-5H3,(H,25,27)/b11-7-,14-10+,17-9+. The number of halogens is 3. The second-order valence-corrected chi connectivity index (χ2v) is 6.18. The molecule has 2 unspecified atom stereocenters. The molecule has 1 aromatic rings. The number of hydrogen-bond acceptors (Lipinski definition) is 3. The van der Waals surface area contributed by atoms with Crippen molar-refractivity contribution in [3.8, 4) is 0 Å². The van der Waals surface area contributed by atoms with Gasteiger partial charge in [-0.25, -0.2) is 0 Å². The Bertz CT molecular complexity index is 859. The summed E-state index contributed by atoms with van der Waals surface area (Å²) in [6.07, 6.45) is 3.83. The van der Waals surface area contributed by atoms with Gasteiger partial charge in [-0.2, -0.15) is 13.2 Å². The van der Waals surface area contributed by atoms with E-state index in [1.807, 2.05) is 0 Å². The first-order valence-corrected chi connectivity index (χ1v) is 8.56. The smallest absolute Gasteiger partial charge is 0.379 e. The summed E-state index contributed by atoms with van der Waals surface area (Å²) in [6, 6.07) is 1.19. The van der Waals surface area contributed by atoms with E-state index in [2.05, 4.69) is 23.5 Å². The molecule has 0 spiro atoms. The Hall–Kier alpha value is -2.80. The van der Waals surface area contributed by atoms with Crippen LogP contribution in [0.1, 0.15) is 32.0 Å². The maximum Gasteiger partial charge on any atom is 0.419 e. The Morgan fingerprint density at radius 2 is 1.93 bits per heavy atom. The van der Waals surface area contributed by atoms with Gasteiger partial charge in [-0.05, 0) is 38.5 Å². The molecular formula is C21H25F3N2O2. The molecule has 0 bridgehead atoms. The number of hydrogen-bond donors (Lipinski definition) is 3. The lowest BCUT2D eigenvalue weighted by Gasteiger charge is -2.37. The van der Waals surface area contributed by atoms with Gasteiger partial charge in [-0.3, -0.25) is 4.79 Å². The summed E-state index contributed by atoms with van der Waals surface area (Å²) in [5, 5.41) is 13.2. The predicted molar refractivity (Wildman–Crippen MR) is 108 cm³/mol. The minimum Gasteiger partial charge on any atom is -0.379 e. The van der Waals surface area contributed by atoms with Crippen LogP contribution in [-0.4, -0.2) is 27.9 Å². The van der Waals surface area contributed by atoms with Gasteiger partial charge in [0, 0.05) is 23.0 Å². The Labute approximate surface area is 162 Å². The van der Waals surface area contributed by atoms with Crippen LogP contribution in [0.2, 0.25) is 0 Å². The minimum absolute atomic E-state index is 0.184. The quantitative estimate of drug-likeness (QED) is 0.575. The molecule has 0 saturated carbocycles. The molecule has 0 radical (unpaired) electrons. The van der Waals surface area contributed by atoms with E-state index in [4.69, 9.17) is 0 Å². The van der Waals surface area contributed by atoms with Crippen molar-refractivity contribution in [1.29, 1.82) is 0 Å². The van der Waals surface area contributed by atoms with E-state index in [0.717, 1.165) is 0 Å². The fourth-order valence-electron chi connectivity index (χ4n) is 2.65. The van der Waals surface area contributed by atoms with Crippen molar-refractivity contribution in [3.63, 3.8) is 0 Å². The Balaban J connectivity index is 3.59. The number of aromatic amines is 1. The molecule has 7 heteroatoms. The Kier molecular flexibility index (Phi) is 7.81. The topological polar surface area (TPSA) is 65.1 Å². The van der Waals surface area contributed by atoms with Crippen LogP contribution in [0.3, 0.4) is 0 Å². The monoisotopic (exact) mass is 394 g/mol. The zero-order valence-corrected chi connectivity index (χ0v) is 16.1. The van der Waals surface area contributed by atoms with Crippen LogP contribution < -0.4 is 10.9 Å². The molecule has 28 heavy (non-hydrogen) atoms. The van der Waals surface area contributed by atoms with E-state index in [9.17, 15) is 23.1 Å². The van der Waals surface area contributed by atoms with Gasteiger partial charge in [0.2, 0.25) is 5.56 Å². The lowest BCUT2D eigenvalue weighted by atomic mass is 9.87. The summed E-state index contributed by atoms with van der Waals surface area (Å²) in [4.78, 5) is 14.1. The van der Waals surface area contributed by atoms with Gasteiger partial charge in [-0.15, -0.1) is 0 Å². The molecule has 4 nitrogen and oxygen atoms in total. The highest BCUT2D eigenvalue weighted by atomic mass is 19.4. The van der Waals surface area contributed by atoms with E-state index in [1.54, 1.807) is 26.0 Å². The van der Waals surface area contributed by atoms with E-state index in [1.165, 1.54) is 36.4 Å². The second kappa shape index (κ2) is 9.41. The summed E-state index contributed by atoms with van der Waals surface area (Å²) in [7, 11) is 0. The largest absolute Gasteiger partial charge is 0.419 e. The molecule has 0 fully saturated rings. The highest BCUT2D eigenvalue weighted by Gasteiger charge is 2.56. The van der Waals surface area contributed by atoms with Gasteiger partial charge in [0.05, 0.1) is 6.04 Å². The van der Waals surface area contributed by atoms with Crippen molar-refractivity contribution in [2.75, 3.05) is 0 Å². The van der Waals surface area contributed by atoms with Gasteiger partial charge in [0.25, 0.3) is 0 Å². The number of aliphatic hydroxyl groups is 1. The number of alkyl halides is 3. The zero-order chi connectivity index (χ0) is 21.5. The van der Waals surface area contributed by atoms with Crippen molar-refractivity contribution < 1.29 is 18.3 Å². The SMILES string of the molecule is C=C/C=C(\C=C/C)C(N/C(=C/C)c1ccc(=O)[nH]c1C=C)C(C)(O)C(F)(F)F. The third-order valence-corrected chi connectivity index (χ3v) is 4.17. The van der Waals surface area contributed by atoms with Crippen molar-refractivity contribution in [2.24, 2.45) is 0 Å². The van der Waals surface area contributed by atoms with Gasteiger partial charge in [-0.1, -0.05) is 43.5 Å². The Morgan fingerprint density at radius 1 is 1.29 bits per heavy atom. The molecule has 0 aliphatic rings. The van der Waals surface area contributed by atoms with Gasteiger partial charge >= 0.3 is 6.18 Å². The van der Waals surface area contributed by atoms with Crippen LogP contribution >= 0.6 is 0 Å². The first-order valence-electron chi connectivity index (χ1n) is 8.56. The number of H-pyrrole nitrogens is 1. The third kappa shape index (κ3) is 5.13. The molecule has 0 aliphatic heterocycles. The summed E-state index contributed by atoms with van der Waals surface area (Å²) < 4.78 is 40.9.